The molecule has 2 aliphatic carbocycles. The lowest BCUT2D eigenvalue weighted by Gasteiger charge is -2.29. The van der Waals surface area contributed by atoms with E-state index in [1.165, 1.54) is 11.1 Å². The maximum Gasteiger partial charge on any atom is 0.0705 e. The molecule has 0 radical (unpaired) electrons. The predicted octanol–water partition coefficient (Wildman–Crippen LogP) is 4.80. The molecule has 0 spiro atoms. The van der Waals surface area contributed by atoms with Gasteiger partial charge in [0.05, 0.1) is 5.71 Å². The molecule has 0 amide bonds. The molecule has 3 N–H and O–H groups in total. The van der Waals surface area contributed by atoms with Crippen LogP contribution in [-0.4, -0.2) is 5.71 Å². The third-order valence-corrected chi connectivity index (χ3v) is 5.59. The first kappa shape index (κ1) is 14.9. The molecule has 2 aliphatic rings. The summed E-state index contributed by atoms with van der Waals surface area (Å²) >= 11 is 0. The van der Waals surface area contributed by atoms with Gasteiger partial charge >= 0.3 is 0 Å². The molecule has 2 aromatic rings. The number of allylic oxidation sites excluding steroid dienone is 4. The first-order valence-corrected chi connectivity index (χ1v) is 8.43. The lowest BCUT2D eigenvalue weighted by molar-refractivity contribution is 0.394. The molecule has 24 heavy (non-hydrogen) atoms. The maximum atomic E-state index is 8.60. The zero-order chi connectivity index (χ0) is 16.9. The number of nitrogens with one attached hydrogen (secondary N) is 1. The van der Waals surface area contributed by atoms with Crippen molar-refractivity contribution in [1.82, 2.24) is 0 Å². The lowest BCUT2D eigenvalue weighted by Crippen LogP contribution is -2.24. The van der Waals surface area contributed by atoms with Gasteiger partial charge in [0, 0.05) is 22.7 Å². The highest BCUT2D eigenvalue weighted by Crippen LogP contribution is 2.52. The van der Waals surface area contributed by atoms with Crippen molar-refractivity contribution in [3.8, 4) is 0 Å². The van der Waals surface area contributed by atoms with E-state index in [2.05, 4.69) is 56.4 Å². The van der Waals surface area contributed by atoms with E-state index in [4.69, 9.17) is 11.1 Å². The van der Waals surface area contributed by atoms with Crippen LogP contribution in [0, 0.1) is 11.3 Å². The summed E-state index contributed by atoms with van der Waals surface area (Å²) in [6.45, 7) is 4.62. The van der Waals surface area contributed by atoms with Crippen LogP contribution in [0.5, 0.6) is 0 Å². The first-order chi connectivity index (χ1) is 11.5. The van der Waals surface area contributed by atoms with E-state index in [9.17, 15) is 0 Å². The van der Waals surface area contributed by atoms with Gasteiger partial charge in [-0.3, -0.25) is 5.41 Å². The van der Waals surface area contributed by atoms with Crippen LogP contribution >= 0.6 is 0 Å². The van der Waals surface area contributed by atoms with Crippen molar-refractivity contribution >= 4 is 11.4 Å². The summed E-state index contributed by atoms with van der Waals surface area (Å²) in [5, 5.41) is 8.60. The van der Waals surface area contributed by atoms with Crippen LogP contribution in [0.15, 0.2) is 66.8 Å². The Kier molecular flexibility index (Phi) is 3.24. The van der Waals surface area contributed by atoms with Gasteiger partial charge in [-0.15, -0.1) is 0 Å². The molecule has 2 unspecified atom stereocenters. The van der Waals surface area contributed by atoms with E-state index in [1.807, 2.05) is 24.3 Å². The Hall–Kier alpha value is -2.61. The normalized spacial score (nSPS) is 22.9. The molecule has 2 aromatic carbocycles. The number of anilines is 1. The number of hydrogen-bond acceptors (Lipinski definition) is 2. The largest absolute Gasteiger partial charge is 0.398 e. The van der Waals surface area contributed by atoms with Crippen molar-refractivity contribution in [3.05, 3.63) is 89.0 Å². The minimum Gasteiger partial charge on any atom is -0.398 e. The van der Waals surface area contributed by atoms with E-state index >= 15 is 0 Å². The number of fused-ring (bicyclic) bond motifs is 3. The van der Waals surface area contributed by atoms with Crippen LogP contribution in [0.25, 0.3) is 0 Å². The van der Waals surface area contributed by atoms with Gasteiger partial charge in [-0.25, -0.2) is 0 Å². The molecule has 120 valence electrons. The summed E-state index contributed by atoms with van der Waals surface area (Å²) in [6, 6.07) is 14.1. The maximum absolute atomic E-state index is 8.60. The number of nitrogens with two attached hydrogens (primary N) is 1. The molecule has 2 heteroatoms. The number of hydrogen-bond donors (Lipinski definition) is 2. The third-order valence-electron chi connectivity index (χ3n) is 5.59. The minimum atomic E-state index is 0.0692. The molecule has 0 aliphatic heterocycles. The summed E-state index contributed by atoms with van der Waals surface area (Å²) in [6.07, 6.45) is 8.93. The molecule has 2 nitrogen and oxygen atoms in total. The molecule has 0 bridgehead atoms. The molecule has 0 heterocycles. The quantitative estimate of drug-likeness (QED) is 0.607. The van der Waals surface area contributed by atoms with Crippen LogP contribution in [0.2, 0.25) is 0 Å². The van der Waals surface area contributed by atoms with Gasteiger partial charge in [-0.05, 0) is 34.6 Å². The summed E-state index contributed by atoms with van der Waals surface area (Å²) < 4.78 is 0. The van der Waals surface area contributed by atoms with Gasteiger partial charge in [-0.1, -0.05) is 68.5 Å². The second kappa shape index (κ2) is 5.20. The number of nitrogen functional groups attached to an aromatic ring is 1. The van der Waals surface area contributed by atoms with Gasteiger partial charge in [-0.2, -0.15) is 0 Å². The fourth-order valence-electron chi connectivity index (χ4n) is 4.21. The highest BCUT2D eigenvalue weighted by atomic mass is 14.6. The molecule has 0 fully saturated rings. The Morgan fingerprint density at radius 1 is 1.04 bits per heavy atom. The summed E-state index contributed by atoms with van der Waals surface area (Å²) in [5.74, 6) is 0.939. The van der Waals surface area contributed by atoms with Gasteiger partial charge in [0.2, 0.25) is 0 Å². The highest BCUT2D eigenvalue weighted by Gasteiger charge is 2.44. The van der Waals surface area contributed by atoms with Crippen molar-refractivity contribution in [1.29, 1.82) is 5.41 Å². The Balaban J connectivity index is 1.81. The van der Waals surface area contributed by atoms with Gasteiger partial charge in [0.1, 0.15) is 0 Å². The average molecular weight is 314 g/mol. The second-order valence-electron chi connectivity index (χ2n) is 7.31. The fourth-order valence-corrected chi connectivity index (χ4v) is 4.21. The standard InChI is InChI=1S/C22H22N2/c1-22(2)18-9-5-3-7-15(18)16-12-11-14(13-19(16)22)21(24)17-8-4-6-10-20(17)23/h3-13,15,18,24H,23H2,1-2H3. The van der Waals surface area contributed by atoms with Gasteiger partial charge in [0.15, 0.2) is 0 Å². The van der Waals surface area contributed by atoms with E-state index in [0.717, 1.165) is 11.1 Å². The van der Waals surface area contributed by atoms with Crippen molar-refractivity contribution in [3.63, 3.8) is 0 Å². The van der Waals surface area contributed by atoms with Gasteiger partial charge in [0.25, 0.3) is 0 Å². The van der Waals surface area contributed by atoms with Crippen molar-refractivity contribution < 1.29 is 0 Å². The lowest BCUT2D eigenvalue weighted by atomic mass is 9.74. The molecular weight excluding hydrogens is 292 g/mol. The first-order valence-electron chi connectivity index (χ1n) is 8.43. The third kappa shape index (κ3) is 2.06. The summed E-state index contributed by atoms with van der Waals surface area (Å²) in [5.41, 5.74) is 11.8. The Bertz CT molecular complexity index is 887. The zero-order valence-corrected chi connectivity index (χ0v) is 14.1. The zero-order valence-electron chi connectivity index (χ0n) is 14.1. The Labute approximate surface area is 143 Å². The van der Waals surface area contributed by atoms with E-state index in [1.54, 1.807) is 0 Å². The molecule has 0 saturated heterocycles. The second-order valence-corrected chi connectivity index (χ2v) is 7.31. The SMILES string of the molecule is CC1(C)c2cc(C(=N)c3ccccc3N)ccc2C2C=CC=CC21. The number of para-hydroxylation sites is 1. The van der Waals surface area contributed by atoms with E-state index in [0.29, 0.717) is 23.2 Å². The van der Waals surface area contributed by atoms with Crippen molar-refractivity contribution in [2.45, 2.75) is 25.2 Å². The van der Waals surface area contributed by atoms with Crippen LogP contribution in [0.1, 0.15) is 42.0 Å². The monoisotopic (exact) mass is 314 g/mol. The highest BCUT2D eigenvalue weighted by molar-refractivity contribution is 6.13. The smallest absolute Gasteiger partial charge is 0.0705 e. The molecule has 2 atom stereocenters. The van der Waals surface area contributed by atoms with Crippen LogP contribution in [-0.2, 0) is 5.41 Å². The molecular formula is C22H22N2. The molecule has 0 aromatic heterocycles. The minimum absolute atomic E-state index is 0.0692. The van der Waals surface area contributed by atoms with Crippen LogP contribution < -0.4 is 5.73 Å². The van der Waals surface area contributed by atoms with Crippen LogP contribution in [0.3, 0.4) is 0 Å². The topological polar surface area (TPSA) is 49.9 Å². The van der Waals surface area contributed by atoms with Crippen molar-refractivity contribution in [2.75, 3.05) is 5.73 Å². The van der Waals surface area contributed by atoms with Crippen LogP contribution in [0.4, 0.5) is 5.69 Å². The number of rotatable bonds is 2. The Morgan fingerprint density at radius 2 is 1.79 bits per heavy atom. The summed E-state index contributed by atoms with van der Waals surface area (Å²) in [7, 11) is 0. The molecule has 4 rings (SSSR count). The number of benzene rings is 2. The van der Waals surface area contributed by atoms with Crippen molar-refractivity contribution in [2.24, 2.45) is 5.92 Å². The Morgan fingerprint density at radius 3 is 2.58 bits per heavy atom. The fraction of sp³-hybridized carbons (Fsp3) is 0.227. The molecule has 0 saturated carbocycles. The van der Waals surface area contributed by atoms with Gasteiger partial charge < -0.3 is 5.73 Å². The predicted molar refractivity (Wildman–Crippen MR) is 101 cm³/mol. The summed E-state index contributed by atoms with van der Waals surface area (Å²) in [4.78, 5) is 0. The van der Waals surface area contributed by atoms with E-state index in [-0.39, 0.29) is 5.41 Å². The average Bonchev–Trinajstić information content (AvgIpc) is 2.83. The van der Waals surface area contributed by atoms with E-state index < -0.39 is 0 Å².